The van der Waals surface area contributed by atoms with Gasteiger partial charge in [-0.3, -0.25) is 14.4 Å². The zero-order valence-corrected chi connectivity index (χ0v) is 13.4. The molecule has 0 aliphatic carbocycles. The van der Waals surface area contributed by atoms with Crippen molar-refractivity contribution in [2.45, 2.75) is 19.9 Å². The molecule has 0 aliphatic rings. The highest BCUT2D eigenvalue weighted by molar-refractivity contribution is 5.95. The molecule has 1 aromatic carbocycles. The van der Waals surface area contributed by atoms with E-state index in [0.717, 1.165) is 0 Å². The molecule has 0 aliphatic heterocycles. The molecule has 7 nitrogen and oxygen atoms in total. The van der Waals surface area contributed by atoms with Crippen molar-refractivity contribution < 1.29 is 4.79 Å². The molecule has 24 heavy (non-hydrogen) atoms. The molecule has 1 unspecified atom stereocenters. The maximum atomic E-state index is 12.6. The van der Waals surface area contributed by atoms with Crippen LogP contribution in [-0.4, -0.2) is 20.4 Å². The molecule has 7 heteroatoms. The van der Waals surface area contributed by atoms with Gasteiger partial charge >= 0.3 is 11.1 Å². The first-order valence-electron chi connectivity index (χ1n) is 7.65. The number of hydrogen-bond donors (Lipinski definition) is 3. The minimum atomic E-state index is -0.724. The molecule has 1 amide bonds. The van der Waals surface area contributed by atoms with Crippen molar-refractivity contribution in [3.8, 4) is 0 Å². The number of nitrogens with one attached hydrogen (secondary N) is 3. The first kappa shape index (κ1) is 15.8. The molecule has 2 aromatic heterocycles. The number of hydrogen-bond acceptors (Lipinski definition) is 3. The van der Waals surface area contributed by atoms with Gasteiger partial charge in [0.1, 0.15) is 6.04 Å². The normalized spacial score (nSPS) is 12.5. The van der Waals surface area contributed by atoms with Gasteiger partial charge in [-0.2, -0.15) is 0 Å². The van der Waals surface area contributed by atoms with E-state index in [4.69, 9.17) is 0 Å². The Morgan fingerprint density at radius 3 is 2.29 bits per heavy atom. The van der Waals surface area contributed by atoms with Gasteiger partial charge in [0.15, 0.2) is 0 Å². The number of H-pyrrole nitrogens is 2. The van der Waals surface area contributed by atoms with Crippen molar-refractivity contribution in [1.29, 1.82) is 0 Å². The van der Waals surface area contributed by atoms with Crippen LogP contribution in [0.3, 0.4) is 0 Å². The fourth-order valence-electron chi connectivity index (χ4n) is 2.72. The summed E-state index contributed by atoms with van der Waals surface area (Å²) in [5.41, 5.74) is 0.0843. The Morgan fingerprint density at radius 2 is 1.67 bits per heavy atom. The van der Waals surface area contributed by atoms with Gasteiger partial charge in [0.05, 0.1) is 11.0 Å². The number of aromatic nitrogens is 3. The van der Waals surface area contributed by atoms with E-state index in [0.29, 0.717) is 16.7 Å². The molecule has 0 saturated carbocycles. The van der Waals surface area contributed by atoms with Gasteiger partial charge in [0, 0.05) is 18.1 Å². The second-order valence-corrected chi connectivity index (χ2v) is 5.98. The van der Waals surface area contributed by atoms with Crippen molar-refractivity contribution in [3.63, 3.8) is 0 Å². The molecular weight excluding hydrogens is 308 g/mol. The molecular formula is C17H18N4O3. The van der Waals surface area contributed by atoms with Crippen molar-refractivity contribution in [1.82, 2.24) is 14.5 Å². The number of rotatable bonds is 4. The van der Waals surface area contributed by atoms with E-state index >= 15 is 0 Å². The number of carbonyl (C=O) groups is 1. The zero-order valence-electron chi connectivity index (χ0n) is 13.4. The largest absolute Gasteiger partial charge is 0.342 e. The highest BCUT2D eigenvalue weighted by Crippen LogP contribution is 2.21. The van der Waals surface area contributed by atoms with Gasteiger partial charge in [-0.05, 0) is 36.2 Å². The van der Waals surface area contributed by atoms with Gasteiger partial charge in [0.25, 0.3) is 0 Å². The molecule has 3 rings (SSSR count). The van der Waals surface area contributed by atoms with Crippen LogP contribution < -0.4 is 16.4 Å². The van der Waals surface area contributed by atoms with Gasteiger partial charge in [0.2, 0.25) is 5.91 Å². The lowest BCUT2D eigenvalue weighted by atomic mass is 10.0. The topological polar surface area (TPSA) is 99.8 Å². The van der Waals surface area contributed by atoms with E-state index in [1.165, 1.54) is 0 Å². The molecule has 3 N–H and O–H groups in total. The third-order valence-corrected chi connectivity index (χ3v) is 3.84. The number of fused-ring (bicyclic) bond motifs is 1. The fourth-order valence-corrected chi connectivity index (χ4v) is 2.72. The van der Waals surface area contributed by atoms with E-state index < -0.39 is 11.1 Å². The van der Waals surface area contributed by atoms with E-state index in [2.05, 4.69) is 15.3 Å². The van der Waals surface area contributed by atoms with Crippen molar-refractivity contribution >= 4 is 22.6 Å². The number of carbonyl (C=O) groups excluding carboxylic acids is 1. The summed E-state index contributed by atoms with van der Waals surface area (Å²) >= 11 is 0. The van der Waals surface area contributed by atoms with E-state index in [1.54, 1.807) is 18.2 Å². The summed E-state index contributed by atoms with van der Waals surface area (Å²) in [4.78, 5) is 40.4. The Balaban J connectivity index is 1.91. The van der Waals surface area contributed by atoms with Crippen LogP contribution in [0.25, 0.3) is 11.0 Å². The molecule has 124 valence electrons. The smallest absolute Gasteiger partial charge is 0.314 e. The molecule has 1 atom stereocenters. The van der Waals surface area contributed by atoms with Gasteiger partial charge < -0.3 is 19.9 Å². The van der Waals surface area contributed by atoms with Gasteiger partial charge in [-0.25, -0.2) is 0 Å². The van der Waals surface area contributed by atoms with Crippen LogP contribution in [0.15, 0.2) is 52.3 Å². The van der Waals surface area contributed by atoms with E-state index in [-0.39, 0.29) is 17.9 Å². The third-order valence-electron chi connectivity index (χ3n) is 3.84. The number of nitrogens with zero attached hydrogens (tertiary/aromatic N) is 1. The highest BCUT2D eigenvalue weighted by Gasteiger charge is 2.23. The Morgan fingerprint density at radius 1 is 1.04 bits per heavy atom. The molecule has 3 aromatic rings. The molecule has 2 heterocycles. The van der Waals surface area contributed by atoms with Crippen molar-refractivity contribution in [3.05, 3.63) is 63.4 Å². The van der Waals surface area contributed by atoms with Crippen molar-refractivity contribution in [2.24, 2.45) is 5.92 Å². The Bertz CT molecular complexity index is 983. The fraction of sp³-hybridized carbons (Fsp3) is 0.235. The predicted octanol–water partition coefficient (Wildman–Crippen LogP) is 1.85. The summed E-state index contributed by atoms with van der Waals surface area (Å²) in [7, 11) is 0. The van der Waals surface area contributed by atoms with Gasteiger partial charge in [-0.1, -0.05) is 13.8 Å². The SMILES string of the molecule is CC(C)C(C(=O)Nc1ccc2[nH]c(=O)c(=O)[nH]c2c1)n1cccc1. The summed E-state index contributed by atoms with van der Waals surface area (Å²) in [5.74, 6) is -0.0404. The maximum Gasteiger partial charge on any atom is 0.314 e. The quantitative estimate of drug-likeness (QED) is 0.638. The van der Waals surface area contributed by atoms with Crippen LogP contribution in [0, 0.1) is 5.92 Å². The van der Waals surface area contributed by atoms with Crippen molar-refractivity contribution in [2.75, 3.05) is 5.32 Å². The van der Waals surface area contributed by atoms with Gasteiger partial charge in [-0.15, -0.1) is 0 Å². The summed E-state index contributed by atoms with van der Waals surface area (Å²) in [6.07, 6.45) is 3.71. The van der Waals surface area contributed by atoms with Crippen LogP contribution in [0.2, 0.25) is 0 Å². The summed E-state index contributed by atoms with van der Waals surface area (Å²) in [6.45, 7) is 3.96. The first-order chi connectivity index (χ1) is 11.5. The van der Waals surface area contributed by atoms with E-state index in [1.807, 2.05) is 42.9 Å². The lowest BCUT2D eigenvalue weighted by Crippen LogP contribution is -2.30. The number of anilines is 1. The van der Waals surface area contributed by atoms with Crippen LogP contribution >= 0.6 is 0 Å². The van der Waals surface area contributed by atoms with Crippen LogP contribution in [-0.2, 0) is 4.79 Å². The van der Waals surface area contributed by atoms with Crippen LogP contribution in [0.5, 0.6) is 0 Å². The Hall–Kier alpha value is -3.09. The Kier molecular flexibility index (Phi) is 4.07. The third kappa shape index (κ3) is 3.01. The zero-order chi connectivity index (χ0) is 17.3. The average Bonchev–Trinajstić information content (AvgIpc) is 3.02. The first-order valence-corrected chi connectivity index (χ1v) is 7.65. The highest BCUT2D eigenvalue weighted by atomic mass is 16.2. The lowest BCUT2D eigenvalue weighted by Gasteiger charge is -2.22. The maximum absolute atomic E-state index is 12.6. The predicted molar refractivity (Wildman–Crippen MR) is 92.1 cm³/mol. The number of amides is 1. The standard InChI is InChI=1S/C17H18N4O3/c1-10(2)14(21-7-3-4-8-21)15(22)18-11-5-6-12-13(9-11)20-17(24)16(23)19-12/h3-10,14H,1-2H3,(H,18,22)(H,19,23)(H,20,24). The minimum absolute atomic E-state index is 0.106. The average molecular weight is 326 g/mol. The second kappa shape index (κ2) is 6.19. The number of benzene rings is 1. The molecule has 0 radical (unpaired) electrons. The minimum Gasteiger partial charge on any atom is -0.342 e. The lowest BCUT2D eigenvalue weighted by molar-refractivity contribution is -0.120. The van der Waals surface area contributed by atoms with Crippen LogP contribution in [0.1, 0.15) is 19.9 Å². The molecule has 0 fully saturated rings. The monoisotopic (exact) mass is 326 g/mol. The number of aromatic amines is 2. The summed E-state index contributed by atoms with van der Waals surface area (Å²) in [5, 5.41) is 2.86. The Labute approximate surface area is 137 Å². The van der Waals surface area contributed by atoms with E-state index in [9.17, 15) is 14.4 Å². The van der Waals surface area contributed by atoms with Crippen LogP contribution in [0.4, 0.5) is 5.69 Å². The summed E-state index contributed by atoms with van der Waals surface area (Å²) < 4.78 is 1.86. The summed E-state index contributed by atoms with van der Waals surface area (Å²) in [6, 6.07) is 8.35. The molecule has 0 saturated heterocycles. The second-order valence-electron chi connectivity index (χ2n) is 5.98. The molecule has 0 spiro atoms. The molecule has 0 bridgehead atoms.